The Kier molecular flexibility index (Phi) is 4.88. The fraction of sp³-hybridized carbons (Fsp3) is 0.200. The summed E-state index contributed by atoms with van der Waals surface area (Å²) in [7, 11) is -4.21. The van der Waals surface area contributed by atoms with Gasteiger partial charge >= 0.3 is 0 Å². The predicted molar refractivity (Wildman–Crippen MR) is 128 cm³/mol. The van der Waals surface area contributed by atoms with Crippen molar-refractivity contribution < 1.29 is 18.0 Å². The molecule has 2 amide bonds. The van der Waals surface area contributed by atoms with Crippen molar-refractivity contribution >= 4 is 44.6 Å². The Labute approximate surface area is 197 Å². The maximum absolute atomic E-state index is 14.1. The third kappa shape index (κ3) is 3.03. The monoisotopic (exact) mass is 480 g/mol. The first-order valence-corrected chi connectivity index (χ1v) is 12.5. The van der Waals surface area contributed by atoms with Crippen molar-refractivity contribution in [2.45, 2.75) is 25.3 Å². The highest BCUT2D eigenvalue weighted by Gasteiger charge is 2.69. The van der Waals surface area contributed by atoms with E-state index < -0.39 is 32.3 Å². The van der Waals surface area contributed by atoms with E-state index in [1.54, 1.807) is 42.5 Å². The lowest BCUT2D eigenvalue weighted by molar-refractivity contribution is -0.123. The fourth-order valence-electron chi connectivity index (χ4n) is 4.80. The number of anilines is 2. The molecular formula is C25H21ClN2O4S. The Hall–Kier alpha value is -3.16. The second-order valence-electron chi connectivity index (χ2n) is 8.45. The Balaban J connectivity index is 1.75. The van der Waals surface area contributed by atoms with Gasteiger partial charge in [-0.1, -0.05) is 59.6 Å². The minimum Gasteiger partial charge on any atom is -0.304 e. The average Bonchev–Trinajstić information content (AvgIpc) is 3.13. The van der Waals surface area contributed by atoms with Crippen LogP contribution in [0.25, 0.3) is 0 Å². The highest BCUT2D eigenvalue weighted by molar-refractivity contribution is 7.94. The minimum absolute atomic E-state index is 0.193. The Morgan fingerprint density at radius 2 is 1.73 bits per heavy atom. The molecule has 33 heavy (non-hydrogen) atoms. The third-order valence-electron chi connectivity index (χ3n) is 6.32. The summed E-state index contributed by atoms with van der Waals surface area (Å²) in [6.45, 7) is 4.11. The first-order chi connectivity index (χ1) is 15.7. The van der Waals surface area contributed by atoms with Gasteiger partial charge in [-0.2, -0.15) is 0 Å². The van der Waals surface area contributed by atoms with Crippen LogP contribution in [0.3, 0.4) is 0 Å². The number of benzene rings is 3. The van der Waals surface area contributed by atoms with E-state index in [0.717, 1.165) is 21.6 Å². The molecule has 0 bridgehead atoms. The molecule has 2 aliphatic rings. The zero-order valence-electron chi connectivity index (χ0n) is 18.1. The second kappa shape index (κ2) is 7.43. The van der Waals surface area contributed by atoms with Gasteiger partial charge in [0.25, 0.3) is 10.8 Å². The van der Waals surface area contributed by atoms with Crippen LogP contribution in [0.2, 0.25) is 5.02 Å². The summed E-state index contributed by atoms with van der Waals surface area (Å²) in [5, 5.41) is 0.339. The van der Waals surface area contributed by atoms with Crippen LogP contribution in [0.5, 0.6) is 0 Å². The van der Waals surface area contributed by atoms with Crippen molar-refractivity contribution in [1.29, 1.82) is 0 Å². The molecule has 0 unspecified atom stereocenters. The Morgan fingerprint density at radius 1 is 0.970 bits per heavy atom. The van der Waals surface area contributed by atoms with Gasteiger partial charge in [-0.15, -0.1) is 0 Å². The van der Waals surface area contributed by atoms with Crippen molar-refractivity contribution in [3.63, 3.8) is 0 Å². The van der Waals surface area contributed by atoms with Crippen LogP contribution >= 0.6 is 11.6 Å². The molecule has 8 heteroatoms. The predicted octanol–water partition coefficient (Wildman–Crippen LogP) is 4.12. The van der Waals surface area contributed by atoms with Crippen molar-refractivity contribution in [1.82, 2.24) is 0 Å². The summed E-state index contributed by atoms with van der Waals surface area (Å²) in [6.07, 6.45) is 0. The maximum atomic E-state index is 14.1. The summed E-state index contributed by atoms with van der Waals surface area (Å²) in [5.41, 5.74) is 3.97. The van der Waals surface area contributed by atoms with E-state index in [4.69, 9.17) is 11.6 Å². The van der Waals surface area contributed by atoms with Crippen LogP contribution in [0, 0.1) is 13.8 Å². The average molecular weight is 481 g/mol. The van der Waals surface area contributed by atoms with Gasteiger partial charge < -0.3 is 4.90 Å². The summed E-state index contributed by atoms with van der Waals surface area (Å²) in [6, 6.07) is 19.1. The molecule has 0 radical (unpaired) electrons. The molecule has 0 saturated carbocycles. The zero-order valence-corrected chi connectivity index (χ0v) is 19.7. The molecule has 2 aliphatic heterocycles. The van der Waals surface area contributed by atoms with E-state index in [1.165, 1.54) is 11.0 Å². The third-order valence-corrected chi connectivity index (χ3v) is 8.66. The van der Waals surface area contributed by atoms with Gasteiger partial charge in [0.2, 0.25) is 5.91 Å². The normalized spacial score (nSPS) is 21.2. The SMILES string of the molecule is Cc1ccc(C)c(CN2C(=O)[C@]3(c4ccccc42)N(c2cccc(Cl)c2)C(=O)CS3(=O)=O)c1. The van der Waals surface area contributed by atoms with Crippen LogP contribution in [0.4, 0.5) is 11.4 Å². The van der Waals surface area contributed by atoms with Gasteiger partial charge in [0.05, 0.1) is 12.2 Å². The molecule has 0 aromatic heterocycles. The second-order valence-corrected chi connectivity index (χ2v) is 11.0. The van der Waals surface area contributed by atoms with Gasteiger partial charge in [0.1, 0.15) is 5.75 Å². The molecule has 1 spiro atoms. The number of nitrogens with zero attached hydrogens (tertiary/aromatic N) is 2. The number of fused-ring (bicyclic) bond motifs is 2. The standard InChI is InChI=1S/C25H21ClN2O4S/c1-16-10-11-17(2)18(12-16)14-27-22-9-4-3-8-21(22)25(24(27)30)28(23(29)15-33(25,31)32)20-7-5-6-19(26)13-20/h3-13H,14-15H2,1-2H3/t25-/m1/s1. The molecule has 1 fully saturated rings. The minimum atomic E-state index is -4.21. The van der Waals surface area contributed by atoms with Gasteiger partial charge in [-0.05, 0) is 49.2 Å². The largest absolute Gasteiger partial charge is 0.304 e. The molecule has 0 N–H and O–H groups in total. The molecule has 0 aliphatic carbocycles. The number of hydrogen-bond donors (Lipinski definition) is 0. The molecule has 3 aromatic rings. The number of aryl methyl sites for hydroxylation is 2. The number of para-hydroxylation sites is 1. The molecule has 168 valence electrons. The molecule has 1 saturated heterocycles. The molecule has 1 atom stereocenters. The molecule has 5 rings (SSSR count). The lowest BCUT2D eigenvalue weighted by Crippen LogP contribution is -2.54. The molecule has 3 aromatic carbocycles. The number of amides is 2. The highest BCUT2D eigenvalue weighted by atomic mass is 35.5. The van der Waals surface area contributed by atoms with Crippen molar-refractivity contribution in [2.24, 2.45) is 0 Å². The lowest BCUT2D eigenvalue weighted by Gasteiger charge is -2.32. The fourth-order valence-corrected chi connectivity index (χ4v) is 7.02. The number of halogens is 1. The maximum Gasteiger partial charge on any atom is 0.274 e. The molecule has 6 nitrogen and oxygen atoms in total. The van der Waals surface area contributed by atoms with Gasteiger partial charge in [-0.25, -0.2) is 8.42 Å². The van der Waals surface area contributed by atoms with Crippen LogP contribution in [0.1, 0.15) is 22.3 Å². The summed E-state index contributed by atoms with van der Waals surface area (Å²) >= 11 is 6.16. The smallest absolute Gasteiger partial charge is 0.274 e. The zero-order chi connectivity index (χ0) is 23.5. The number of sulfone groups is 1. The molecular weight excluding hydrogens is 460 g/mol. The van der Waals surface area contributed by atoms with E-state index in [9.17, 15) is 18.0 Å². The number of hydrogen-bond acceptors (Lipinski definition) is 4. The van der Waals surface area contributed by atoms with E-state index in [1.807, 2.05) is 32.0 Å². The lowest BCUT2D eigenvalue weighted by atomic mass is 10.0. The van der Waals surface area contributed by atoms with Crippen LogP contribution in [-0.4, -0.2) is 26.0 Å². The van der Waals surface area contributed by atoms with E-state index >= 15 is 0 Å². The summed E-state index contributed by atoms with van der Waals surface area (Å²) in [5.74, 6) is -2.07. The van der Waals surface area contributed by atoms with Gasteiger partial charge in [-0.3, -0.25) is 14.5 Å². The Bertz CT molecular complexity index is 1440. The van der Waals surface area contributed by atoms with E-state index in [0.29, 0.717) is 10.7 Å². The van der Waals surface area contributed by atoms with Crippen LogP contribution < -0.4 is 9.80 Å². The number of rotatable bonds is 3. The highest BCUT2D eigenvalue weighted by Crippen LogP contribution is 2.53. The van der Waals surface area contributed by atoms with E-state index in [-0.39, 0.29) is 17.8 Å². The first-order valence-electron chi connectivity index (χ1n) is 10.5. The van der Waals surface area contributed by atoms with Crippen LogP contribution in [-0.2, 0) is 30.8 Å². The van der Waals surface area contributed by atoms with Gasteiger partial charge in [0, 0.05) is 16.3 Å². The van der Waals surface area contributed by atoms with E-state index in [2.05, 4.69) is 0 Å². The van der Waals surface area contributed by atoms with Gasteiger partial charge in [0.15, 0.2) is 9.84 Å². The van der Waals surface area contributed by atoms with Crippen LogP contribution in [0.15, 0.2) is 66.7 Å². The number of carbonyl (C=O) groups is 2. The van der Waals surface area contributed by atoms with Crippen molar-refractivity contribution in [3.05, 3.63) is 94.0 Å². The number of carbonyl (C=O) groups excluding carboxylic acids is 2. The first kappa shape index (κ1) is 21.7. The Morgan fingerprint density at radius 3 is 2.48 bits per heavy atom. The van der Waals surface area contributed by atoms with Crippen molar-refractivity contribution in [3.8, 4) is 0 Å². The van der Waals surface area contributed by atoms with Crippen molar-refractivity contribution in [2.75, 3.05) is 15.6 Å². The summed E-state index contributed by atoms with van der Waals surface area (Å²) < 4.78 is 27.2. The topological polar surface area (TPSA) is 74.8 Å². The quantitative estimate of drug-likeness (QED) is 0.565. The summed E-state index contributed by atoms with van der Waals surface area (Å²) in [4.78, 5) is 27.7. The molecule has 2 heterocycles.